The van der Waals surface area contributed by atoms with Gasteiger partial charge in [0.05, 0.1) is 0 Å². The number of hydrogen-bond acceptors (Lipinski definition) is 6. The monoisotopic (exact) mass is 275 g/mol. The summed E-state index contributed by atoms with van der Waals surface area (Å²) in [6.07, 6.45) is 6.23. The van der Waals surface area contributed by atoms with Crippen LogP contribution >= 0.6 is 0 Å². The summed E-state index contributed by atoms with van der Waals surface area (Å²) in [4.78, 5) is 17.0. The Morgan fingerprint density at radius 1 is 1.20 bits per heavy atom. The highest BCUT2D eigenvalue weighted by atomic mass is 15.3. The van der Waals surface area contributed by atoms with Crippen LogP contribution in [-0.2, 0) is 0 Å². The van der Waals surface area contributed by atoms with E-state index in [0.29, 0.717) is 17.8 Å². The average Bonchev–Trinajstić information content (AvgIpc) is 2.99. The number of hydrogen-bond donors (Lipinski definition) is 2. The molecule has 2 rings (SSSR count). The molecule has 2 heterocycles. The molecule has 20 heavy (non-hydrogen) atoms. The van der Waals surface area contributed by atoms with Gasteiger partial charge in [0.2, 0.25) is 17.8 Å². The molecule has 0 atom stereocenters. The maximum absolute atomic E-state index is 4.41. The van der Waals surface area contributed by atoms with Crippen LogP contribution in [0.1, 0.15) is 27.2 Å². The minimum absolute atomic E-state index is 0.196. The second kappa shape index (κ2) is 5.85. The molecule has 0 unspecified atom stereocenters. The Kier molecular flexibility index (Phi) is 4.16. The molecule has 0 saturated heterocycles. The van der Waals surface area contributed by atoms with Crippen LogP contribution in [-0.4, -0.2) is 38.1 Å². The first-order valence-electron chi connectivity index (χ1n) is 6.70. The zero-order valence-electron chi connectivity index (χ0n) is 12.4. The Hall–Kier alpha value is -2.18. The van der Waals surface area contributed by atoms with E-state index in [0.717, 1.165) is 13.0 Å². The third kappa shape index (κ3) is 3.43. The average molecular weight is 275 g/mol. The fourth-order valence-electron chi connectivity index (χ4n) is 1.49. The normalized spacial score (nSPS) is 11.4. The summed E-state index contributed by atoms with van der Waals surface area (Å²) in [5, 5.41) is 6.22. The SMILES string of the molecule is CCC(C)(C)CNc1nc(NC)nc(-n2ccnc2)n1. The summed E-state index contributed by atoms with van der Waals surface area (Å²) in [5.41, 5.74) is 0.196. The lowest BCUT2D eigenvalue weighted by Crippen LogP contribution is -2.23. The van der Waals surface area contributed by atoms with Crippen molar-refractivity contribution in [3.63, 3.8) is 0 Å². The Morgan fingerprint density at radius 3 is 2.55 bits per heavy atom. The number of aromatic nitrogens is 5. The first-order chi connectivity index (χ1) is 9.54. The van der Waals surface area contributed by atoms with E-state index in [-0.39, 0.29) is 5.41 Å². The lowest BCUT2D eigenvalue weighted by Gasteiger charge is -2.22. The van der Waals surface area contributed by atoms with Crippen molar-refractivity contribution in [1.29, 1.82) is 0 Å². The fourth-order valence-corrected chi connectivity index (χ4v) is 1.49. The highest BCUT2D eigenvalue weighted by Gasteiger charge is 2.16. The fraction of sp³-hybridized carbons (Fsp3) is 0.538. The molecule has 0 spiro atoms. The Balaban J connectivity index is 2.23. The first-order valence-corrected chi connectivity index (χ1v) is 6.70. The predicted molar refractivity (Wildman–Crippen MR) is 79.1 cm³/mol. The Labute approximate surface area is 118 Å². The van der Waals surface area contributed by atoms with Gasteiger partial charge < -0.3 is 10.6 Å². The van der Waals surface area contributed by atoms with Gasteiger partial charge in [-0.2, -0.15) is 15.0 Å². The van der Waals surface area contributed by atoms with Crippen LogP contribution in [0.2, 0.25) is 0 Å². The number of anilines is 2. The highest BCUT2D eigenvalue weighted by Crippen LogP contribution is 2.20. The van der Waals surface area contributed by atoms with E-state index in [9.17, 15) is 0 Å². The molecule has 0 amide bonds. The van der Waals surface area contributed by atoms with Gasteiger partial charge in [0.25, 0.3) is 0 Å². The molecule has 0 aromatic carbocycles. The van der Waals surface area contributed by atoms with Crippen molar-refractivity contribution in [2.75, 3.05) is 24.2 Å². The zero-order chi connectivity index (χ0) is 14.6. The van der Waals surface area contributed by atoms with Gasteiger partial charge in [-0.1, -0.05) is 20.8 Å². The molecule has 0 aliphatic heterocycles. The molecule has 0 radical (unpaired) electrons. The second-order valence-electron chi connectivity index (χ2n) is 5.37. The van der Waals surface area contributed by atoms with Gasteiger partial charge in [-0.05, 0) is 11.8 Å². The van der Waals surface area contributed by atoms with Crippen LogP contribution in [0, 0.1) is 5.41 Å². The van der Waals surface area contributed by atoms with E-state index in [1.165, 1.54) is 0 Å². The van der Waals surface area contributed by atoms with Gasteiger partial charge in [-0.25, -0.2) is 4.98 Å². The molecule has 2 aromatic heterocycles. The minimum Gasteiger partial charge on any atom is -0.357 e. The van der Waals surface area contributed by atoms with Gasteiger partial charge in [-0.15, -0.1) is 0 Å². The van der Waals surface area contributed by atoms with Crippen molar-refractivity contribution in [2.45, 2.75) is 27.2 Å². The number of nitrogens with zero attached hydrogens (tertiary/aromatic N) is 5. The molecule has 7 nitrogen and oxygen atoms in total. The van der Waals surface area contributed by atoms with Gasteiger partial charge in [0.15, 0.2) is 0 Å². The second-order valence-corrected chi connectivity index (χ2v) is 5.37. The summed E-state index contributed by atoms with van der Waals surface area (Å²) < 4.78 is 1.75. The van der Waals surface area contributed by atoms with Gasteiger partial charge >= 0.3 is 0 Å². The van der Waals surface area contributed by atoms with Crippen LogP contribution < -0.4 is 10.6 Å². The molecule has 0 aliphatic carbocycles. The van der Waals surface area contributed by atoms with Crippen molar-refractivity contribution in [3.8, 4) is 5.95 Å². The largest absolute Gasteiger partial charge is 0.357 e. The quantitative estimate of drug-likeness (QED) is 0.838. The molecule has 0 bridgehead atoms. The third-order valence-corrected chi connectivity index (χ3v) is 3.26. The molecular formula is C13H21N7. The van der Waals surface area contributed by atoms with Crippen LogP contribution in [0.15, 0.2) is 18.7 Å². The smallest absolute Gasteiger partial charge is 0.241 e. The van der Waals surface area contributed by atoms with E-state index in [1.54, 1.807) is 30.3 Å². The van der Waals surface area contributed by atoms with E-state index in [4.69, 9.17) is 0 Å². The molecule has 0 saturated carbocycles. The zero-order valence-corrected chi connectivity index (χ0v) is 12.4. The molecule has 108 valence electrons. The number of nitrogens with one attached hydrogen (secondary N) is 2. The van der Waals surface area contributed by atoms with Gasteiger partial charge in [0, 0.05) is 26.0 Å². The predicted octanol–water partition coefficient (Wildman–Crippen LogP) is 1.95. The molecule has 0 aliphatic rings. The Morgan fingerprint density at radius 2 is 1.95 bits per heavy atom. The van der Waals surface area contributed by atoms with Crippen LogP contribution in [0.5, 0.6) is 0 Å². The van der Waals surface area contributed by atoms with Crippen molar-refractivity contribution in [1.82, 2.24) is 24.5 Å². The number of rotatable bonds is 6. The maximum Gasteiger partial charge on any atom is 0.241 e. The molecule has 2 N–H and O–H groups in total. The maximum atomic E-state index is 4.41. The summed E-state index contributed by atoms with van der Waals surface area (Å²) >= 11 is 0. The van der Waals surface area contributed by atoms with Crippen molar-refractivity contribution in [3.05, 3.63) is 18.7 Å². The van der Waals surface area contributed by atoms with E-state index < -0.39 is 0 Å². The molecular weight excluding hydrogens is 254 g/mol. The minimum atomic E-state index is 0.196. The van der Waals surface area contributed by atoms with E-state index in [1.807, 2.05) is 0 Å². The molecule has 7 heteroatoms. The highest BCUT2D eigenvalue weighted by molar-refractivity contribution is 5.37. The summed E-state index contributed by atoms with van der Waals surface area (Å²) in [7, 11) is 1.78. The Bertz CT molecular complexity index is 548. The molecule has 0 fully saturated rings. The third-order valence-electron chi connectivity index (χ3n) is 3.26. The topological polar surface area (TPSA) is 80.5 Å². The van der Waals surface area contributed by atoms with Crippen LogP contribution in [0.3, 0.4) is 0 Å². The standard InChI is InChI=1S/C13H21N7/c1-5-13(2,3)8-16-11-17-10(14-4)18-12(19-11)20-7-6-15-9-20/h6-7,9H,5,8H2,1-4H3,(H2,14,16,17,18,19). The van der Waals surface area contributed by atoms with Crippen molar-refractivity contribution < 1.29 is 0 Å². The lowest BCUT2D eigenvalue weighted by molar-refractivity contribution is 0.376. The first kappa shape index (κ1) is 14.2. The van der Waals surface area contributed by atoms with E-state index >= 15 is 0 Å². The lowest BCUT2D eigenvalue weighted by atomic mass is 9.90. The van der Waals surface area contributed by atoms with Gasteiger partial charge in [0.1, 0.15) is 6.33 Å². The number of imidazole rings is 1. The van der Waals surface area contributed by atoms with Gasteiger partial charge in [-0.3, -0.25) is 4.57 Å². The summed E-state index contributed by atoms with van der Waals surface area (Å²) in [6, 6.07) is 0. The van der Waals surface area contributed by atoms with Crippen LogP contribution in [0.25, 0.3) is 5.95 Å². The summed E-state index contributed by atoms with van der Waals surface area (Å²) in [5.74, 6) is 1.63. The van der Waals surface area contributed by atoms with E-state index in [2.05, 4.69) is 51.3 Å². The van der Waals surface area contributed by atoms with Crippen molar-refractivity contribution >= 4 is 11.9 Å². The van der Waals surface area contributed by atoms with Crippen LogP contribution in [0.4, 0.5) is 11.9 Å². The molecule has 2 aromatic rings. The summed E-state index contributed by atoms with van der Waals surface area (Å²) in [6.45, 7) is 7.39. The van der Waals surface area contributed by atoms with Crippen molar-refractivity contribution in [2.24, 2.45) is 5.41 Å².